The number of hydrogen-bond acceptors (Lipinski definition) is 3. The molecule has 3 heteroatoms. The van der Waals surface area contributed by atoms with Crippen LogP contribution >= 0.6 is 0 Å². The zero-order chi connectivity index (χ0) is 9.84. The molecule has 1 rings (SSSR count). The smallest absolute Gasteiger partial charge is 0.225 e. The molecule has 0 bridgehead atoms. The normalized spacial score (nSPS) is 11.5. The second-order valence-electron chi connectivity index (χ2n) is 3.08. The van der Waals surface area contributed by atoms with Gasteiger partial charge < -0.3 is 9.32 Å². The highest BCUT2D eigenvalue weighted by molar-refractivity contribution is 6.06. The van der Waals surface area contributed by atoms with Gasteiger partial charge in [-0.3, -0.25) is 4.79 Å². The molecule has 0 atom stereocenters. The van der Waals surface area contributed by atoms with E-state index in [9.17, 15) is 4.79 Å². The molecule has 0 saturated heterocycles. The molecule has 0 aliphatic heterocycles. The van der Waals surface area contributed by atoms with Gasteiger partial charge in [0.25, 0.3) is 0 Å². The van der Waals surface area contributed by atoms with Crippen LogP contribution in [-0.2, 0) is 0 Å². The van der Waals surface area contributed by atoms with Gasteiger partial charge in [-0.05, 0) is 19.1 Å². The van der Waals surface area contributed by atoms with Crippen molar-refractivity contribution in [1.29, 1.82) is 0 Å². The minimum Gasteiger partial charge on any atom is -0.461 e. The lowest BCUT2D eigenvalue weighted by molar-refractivity contribution is 0.100. The largest absolute Gasteiger partial charge is 0.461 e. The van der Waals surface area contributed by atoms with E-state index in [0.29, 0.717) is 11.3 Å². The number of ketones is 1. The van der Waals surface area contributed by atoms with Gasteiger partial charge in [0.1, 0.15) is 0 Å². The summed E-state index contributed by atoms with van der Waals surface area (Å²) >= 11 is 0. The summed E-state index contributed by atoms with van der Waals surface area (Å²) in [5.41, 5.74) is 0.667. The van der Waals surface area contributed by atoms with Gasteiger partial charge in [-0.1, -0.05) is 0 Å². The molecule has 1 aromatic rings. The topological polar surface area (TPSA) is 33.5 Å². The molecule has 70 valence electrons. The predicted molar refractivity (Wildman–Crippen MR) is 50.5 cm³/mol. The first-order valence-corrected chi connectivity index (χ1v) is 4.04. The van der Waals surface area contributed by atoms with Crippen LogP contribution in [-0.4, -0.2) is 24.8 Å². The molecule has 0 aliphatic rings. The van der Waals surface area contributed by atoms with E-state index in [2.05, 4.69) is 0 Å². The highest BCUT2D eigenvalue weighted by Gasteiger charge is 2.10. The molecule has 0 amide bonds. The van der Waals surface area contributed by atoms with Crippen LogP contribution in [0.5, 0.6) is 0 Å². The molecule has 0 unspecified atom stereocenters. The highest BCUT2D eigenvalue weighted by Crippen LogP contribution is 2.08. The highest BCUT2D eigenvalue weighted by atomic mass is 16.3. The van der Waals surface area contributed by atoms with Gasteiger partial charge in [-0.25, -0.2) is 0 Å². The van der Waals surface area contributed by atoms with E-state index in [1.54, 1.807) is 25.3 Å². The van der Waals surface area contributed by atoms with Gasteiger partial charge >= 0.3 is 0 Å². The maximum absolute atomic E-state index is 11.6. The first kappa shape index (κ1) is 9.58. The molecule has 0 aliphatic carbocycles. The maximum atomic E-state index is 11.6. The summed E-state index contributed by atoms with van der Waals surface area (Å²) in [6.07, 6.45) is 3.26. The molecule has 3 nitrogen and oxygen atoms in total. The van der Waals surface area contributed by atoms with E-state index in [4.69, 9.17) is 4.42 Å². The Hall–Kier alpha value is -1.51. The van der Waals surface area contributed by atoms with Crippen molar-refractivity contribution in [1.82, 2.24) is 4.90 Å². The molecule has 0 saturated carbocycles. The second kappa shape index (κ2) is 3.94. The standard InChI is InChI=1S/C10H13NO2/c1-8(7-11(2)3)10(12)9-5-4-6-13-9/h4-7H,1-3H3/b8-7-. The number of carbonyl (C=O) groups is 1. The van der Waals surface area contributed by atoms with Crippen LogP contribution in [0.2, 0.25) is 0 Å². The molecular formula is C10H13NO2. The van der Waals surface area contributed by atoms with Crippen LogP contribution in [0, 0.1) is 0 Å². The van der Waals surface area contributed by atoms with Crippen molar-refractivity contribution in [3.63, 3.8) is 0 Å². The second-order valence-corrected chi connectivity index (χ2v) is 3.08. The van der Waals surface area contributed by atoms with E-state index in [1.807, 2.05) is 19.0 Å². The summed E-state index contributed by atoms with van der Waals surface area (Å²) in [5.74, 6) is 0.314. The quantitative estimate of drug-likeness (QED) is 0.525. The Morgan fingerprint density at radius 1 is 1.54 bits per heavy atom. The average Bonchev–Trinajstić information content (AvgIpc) is 2.53. The van der Waals surface area contributed by atoms with Gasteiger partial charge in [0.2, 0.25) is 5.78 Å². The summed E-state index contributed by atoms with van der Waals surface area (Å²) < 4.78 is 4.99. The lowest BCUT2D eigenvalue weighted by Crippen LogP contribution is -2.07. The van der Waals surface area contributed by atoms with Crippen molar-refractivity contribution in [3.05, 3.63) is 35.9 Å². The average molecular weight is 179 g/mol. The first-order chi connectivity index (χ1) is 6.11. The van der Waals surface area contributed by atoms with Crippen LogP contribution in [0.1, 0.15) is 17.5 Å². The predicted octanol–water partition coefficient (Wildman–Crippen LogP) is 1.93. The Balaban J connectivity index is 2.80. The molecule has 1 aromatic heterocycles. The summed E-state index contributed by atoms with van der Waals surface area (Å²) in [4.78, 5) is 13.4. The number of hydrogen-bond donors (Lipinski definition) is 0. The number of allylic oxidation sites excluding steroid dienone is 1. The van der Waals surface area contributed by atoms with E-state index >= 15 is 0 Å². The van der Waals surface area contributed by atoms with Crippen molar-refractivity contribution < 1.29 is 9.21 Å². The SMILES string of the molecule is C/C(=C/N(C)C)C(=O)c1ccco1. The first-order valence-electron chi connectivity index (χ1n) is 4.04. The van der Waals surface area contributed by atoms with E-state index in [0.717, 1.165) is 0 Å². The fraction of sp³-hybridized carbons (Fsp3) is 0.300. The van der Waals surface area contributed by atoms with Crippen LogP contribution in [0.25, 0.3) is 0 Å². The van der Waals surface area contributed by atoms with Gasteiger partial charge in [-0.15, -0.1) is 0 Å². The molecule has 0 aromatic carbocycles. The van der Waals surface area contributed by atoms with E-state index in [1.165, 1.54) is 6.26 Å². The fourth-order valence-corrected chi connectivity index (χ4v) is 1.05. The third-order valence-electron chi connectivity index (χ3n) is 1.55. The Labute approximate surface area is 77.6 Å². The third-order valence-corrected chi connectivity index (χ3v) is 1.55. The van der Waals surface area contributed by atoms with Gasteiger partial charge in [0.15, 0.2) is 5.76 Å². The number of rotatable bonds is 3. The Kier molecular flexibility index (Phi) is 2.90. The minimum atomic E-state index is -0.0706. The van der Waals surface area contributed by atoms with Crippen LogP contribution < -0.4 is 0 Å². The van der Waals surface area contributed by atoms with Crippen LogP contribution in [0.3, 0.4) is 0 Å². The fourth-order valence-electron chi connectivity index (χ4n) is 1.05. The van der Waals surface area contributed by atoms with Crippen molar-refractivity contribution >= 4 is 5.78 Å². The molecule has 0 radical (unpaired) electrons. The Morgan fingerprint density at radius 3 is 2.69 bits per heavy atom. The Morgan fingerprint density at radius 2 is 2.23 bits per heavy atom. The zero-order valence-corrected chi connectivity index (χ0v) is 8.07. The third kappa shape index (κ3) is 2.47. The summed E-state index contributed by atoms with van der Waals surface area (Å²) in [5, 5.41) is 0. The van der Waals surface area contributed by atoms with Gasteiger partial charge in [-0.2, -0.15) is 0 Å². The zero-order valence-electron chi connectivity index (χ0n) is 8.07. The van der Waals surface area contributed by atoms with Gasteiger partial charge in [0, 0.05) is 25.9 Å². The summed E-state index contributed by atoms with van der Waals surface area (Å²) in [7, 11) is 3.75. The van der Waals surface area contributed by atoms with Crippen LogP contribution in [0.15, 0.2) is 34.6 Å². The number of furan rings is 1. The summed E-state index contributed by atoms with van der Waals surface area (Å²) in [6, 6.07) is 3.37. The molecule has 0 fully saturated rings. The van der Waals surface area contributed by atoms with Crippen molar-refractivity contribution in [2.24, 2.45) is 0 Å². The molecule has 1 heterocycles. The summed E-state index contributed by atoms with van der Waals surface area (Å²) in [6.45, 7) is 1.77. The van der Waals surface area contributed by atoms with Crippen molar-refractivity contribution in [2.75, 3.05) is 14.1 Å². The van der Waals surface area contributed by atoms with Gasteiger partial charge in [0.05, 0.1) is 6.26 Å². The lowest BCUT2D eigenvalue weighted by Gasteiger charge is -2.05. The van der Waals surface area contributed by atoms with Crippen molar-refractivity contribution in [3.8, 4) is 0 Å². The Bertz CT molecular complexity index is 310. The number of nitrogens with zero attached hydrogens (tertiary/aromatic N) is 1. The van der Waals surface area contributed by atoms with Crippen molar-refractivity contribution in [2.45, 2.75) is 6.92 Å². The minimum absolute atomic E-state index is 0.0706. The molecule has 0 spiro atoms. The number of carbonyl (C=O) groups excluding carboxylic acids is 1. The molecule has 13 heavy (non-hydrogen) atoms. The maximum Gasteiger partial charge on any atom is 0.225 e. The van der Waals surface area contributed by atoms with E-state index in [-0.39, 0.29) is 5.78 Å². The monoisotopic (exact) mass is 179 g/mol. The van der Waals surface area contributed by atoms with Crippen LogP contribution in [0.4, 0.5) is 0 Å². The van der Waals surface area contributed by atoms with E-state index < -0.39 is 0 Å². The molecule has 0 N–H and O–H groups in total. The lowest BCUT2D eigenvalue weighted by atomic mass is 10.1. The molecular weight excluding hydrogens is 166 g/mol. The number of Topliss-reactive ketones (excluding diaryl/α,β-unsaturated/α-hetero) is 1.